The van der Waals surface area contributed by atoms with E-state index in [2.05, 4.69) is 5.32 Å². The Hall–Kier alpha value is -0.650. The summed E-state index contributed by atoms with van der Waals surface area (Å²) in [5, 5.41) is 21.8. The highest BCUT2D eigenvalue weighted by Crippen LogP contribution is 2.39. The van der Waals surface area contributed by atoms with Gasteiger partial charge in [0.05, 0.1) is 19.3 Å². The van der Waals surface area contributed by atoms with E-state index in [0.717, 1.165) is 38.6 Å². The first kappa shape index (κ1) is 13.8. The van der Waals surface area contributed by atoms with Crippen LogP contribution in [0.5, 0.6) is 0 Å². The number of carbonyl (C=O) groups is 1. The smallest absolute Gasteiger partial charge is 0.234 e. The largest absolute Gasteiger partial charge is 0.396 e. The molecule has 2 fully saturated rings. The second-order valence-corrected chi connectivity index (χ2v) is 5.82. The van der Waals surface area contributed by atoms with Gasteiger partial charge in [-0.2, -0.15) is 0 Å². The molecule has 18 heavy (non-hydrogen) atoms. The Labute approximate surface area is 108 Å². The molecule has 1 heterocycles. The van der Waals surface area contributed by atoms with E-state index in [9.17, 15) is 15.0 Å². The summed E-state index contributed by atoms with van der Waals surface area (Å²) in [6, 6.07) is 0. The maximum atomic E-state index is 11.8. The van der Waals surface area contributed by atoms with Crippen LogP contribution in [0.25, 0.3) is 0 Å². The van der Waals surface area contributed by atoms with Crippen molar-refractivity contribution in [3.8, 4) is 0 Å². The van der Waals surface area contributed by atoms with Gasteiger partial charge in [0.25, 0.3) is 0 Å². The van der Waals surface area contributed by atoms with Gasteiger partial charge in [0, 0.05) is 18.5 Å². The molecule has 2 aliphatic rings. The van der Waals surface area contributed by atoms with Crippen molar-refractivity contribution in [3.63, 3.8) is 0 Å². The molecular formula is C13H24N2O3. The summed E-state index contributed by atoms with van der Waals surface area (Å²) in [5.41, 5.74) is -0.0585. The first-order chi connectivity index (χ1) is 8.63. The van der Waals surface area contributed by atoms with Crippen molar-refractivity contribution in [2.45, 2.75) is 38.2 Å². The van der Waals surface area contributed by atoms with Gasteiger partial charge in [-0.3, -0.25) is 9.69 Å². The highest BCUT2D eigenvalue weighted by Gasteiger charge is 2.36. The summed E-state index contributed by atoms with van der Waals surface area (Å²) in [6.45, 7) is 2.58. The summed E-state index contributed by atoms with van der Waals surface area (Å²) in [7, 11) is 0. The second kappa shape index (κ2) is 5.99. The topological polar surface area (TPSA) is 72.8 Å². The van der Waals surface area contributed by atoms with E-state index in [0.29, 0.717) is 19.6 Å². The lowest BCUT2D eigenvalue weighted by Crippen LogP contribution is -2.48. The van der Waals surface area contributed by atoms with Crippen molar-refractivity contribution in [2.75, 3.05) is 32.8 Å². The minimum atomic E-state index is -0.290. The molecule has 1 saturated carbocycles. The van der Waals surface area contributed by atoms with Crippen LogP contribution in [0.1, 0.15) is 32.1 Å². The summed E-state index contributed by atoms with van der Waals surface area (Å²) in [6.07, 6.45) is 4.66. The van der Waals surface area contributed by atoms with Gasteiger partial charge in [-0.25, -0.2) is 0 Å². The van der Waals surface area contributed by atoms with E-state index in [4.69, 9.17) is 0 Å². The van der Waals surface area contributed by atoms with E-state index in [1.54, 1.807) is 0 Å². The number of amides is 1. The van der Waals surface area contributed by atoms with Gasteiger partial charge >= 0.3 is 0 Å². The van der Waals surface area contributed by atoms with Gasteiger partial charge in [0.1, 0.15) is 0 Å². The number of piperidine rings is 1. The lowest BCUT2D eigenvalue weighted by molar-refractivity contribution is -0.124. The van der Waals surface area contributed by atoms with Crippen molar-refractivity contribution >= 4 is 5.91 Å². The second-order valence-electron chi connectivity index (χ2n) is 5.82. The molecule has 0 unspecified atom stereocenters. The normalized spacial score (nSPS) is 27.6. The van der Waals surface area contributed by atoms with Crippen LogP contribution in [-0.2, 0) is 4.79 Å². The van der Waals surface area contributed by atoms with Crippen LogP contribution in [0, 0.1) is 5.41 Å². The number of hydrogen-bond donors (Lipinski definition) is 3. The van der Waals surface area contributed by atoms with Crippen molar-refractivity contribution < 1.29 is 15.0 Å². The van der Waals surface area contributed by atoms with Gasteiger partial charge < -0.3 is 15.5 Å². The Bertz CT molecular complexity index is 286. The maximum absolute atomic E-state index is 11.8. The zero-order valence-corrected chi connectivity index (χ0v) is 10.9. The van der Waals surface area contributed by atoms with Gasteiger partial charge in [-0.1, -0.05) is 6.42 Å². The summed E-state index contributed by atoms with van der Waals surface area (Å²) < 4.78 is 0. The first-order valence-corrected chi connectivity index (χ1v) is 6.92. The number of carbonyl (C=O) groups excluding carboxylic acids is 1. The van der Waals surface area contributed by atoms with Gasteiger partial charge in [0.15, 0.2) is 0 Å². The fraction of sp³-hybridized carbons (Fsp3) is 0.923. The SMILES string of the molecule is O=C(CN1CCC[C@H](O)C1)NCC1(CO)CCC1. The van der Waals surface area contributed by atoms with E-state index >= 15 is 0 Å². The number of rotatable bonds is 5. The Balaban J connectivity index is 1.68. The van der Waals surface area contributed by atoms with Crippen LogP contribution >= 0.6 is 0 Å². The minimum Gasteiger partial charge on any atom is -0.396 e. The molecule has 1 saturated heterocycles. The van der Waals surface area contributed by atoms with Crippen molar-refractivity contribution in [3.05, 3.63) is 0 Å². The molecule has 1 aliphatic carbocycles. The molecule has 0 aromatic rings. The Morgan fingerprint density at radius 1 is 1.39 bits per heavy atom. The quantitative estimate of drug-likeness (QED) is 0.633. The van der Waals surface area contributed by atoms with Gasteiger partial charge in [-0.05, 0) is 32.2 Å². The molecule has 104 valence electrons. The molecule has 0 bridgehead atoms. The Morgan fingerprint density at radius 2 is 2.17 bits per heavy atom. The van der Waals surface area contributed by atoms with Crippen LogP contribution in [0.3, 0.4) is 0 Å². The number of nitrogens with zero attached hydrogens (tertiary/aromatic N) is 1. The van der Waals surface area contributed by atoms with Crippen LogP contribution < -0.4 is 5.32 Å². The van der Waals surface area contributed by atoms with Crippen LogP contribution in [-0.4, -0.2) is 59.9 Å². The summed E-state index contributed by atoms with van der Waals surface area (Å²) in [4.78, 5) is 13.8. The predicted octanol–water partition coefficient (Wildman–Crippen LogP) is -0.278. The number of aliphatic hydroxyl groups is 2. The maximum Gasteiger partial charge on any atom is 0.234 e. The zero-order chi connectivity index (χ0) is 13.0. The first-order valence-electron chi connectivity index (χ1n) is 6.92. The molecule has 0 spiro atoms. The Morgan fingerprint density at radius 3 is 2.72 bits per heavy atom. The van der Waals surface area contributed by atoms with E-state index in [-0.39, 0.29) is 24.0 Å². The van der Waals surface area contributed by atoms with Crippen LogP contribution in [0.15, 0.2) is 0 Å². The highest BCUT2D eigenvalue weighted by molar-refractivity contribution is 5.78. The van der Waals surface area contributed by atoms with Crippen LogP contribution in [0.2, 0.25) is 0 Å². The number of aliphatic hydroxyl groups excluding tert-OH is 2. The standard InChI is InChI=1S/C13H24N2O3/c16-10-13(4-2-5-13)9-14-12(18)8-15-6-1-3-11(17)7-15/h11,16-17H,1-10H2,(H,14,18)/t11-/m0/s1. The number of likely N-dealkylation sites (tertiary alicyclic amines) is 1. The average molecular weight is 256 g/mol. The van der Waals surface area contributed by atoms with Gasteiger partial charge in [-0.15, -0.1) is 0 Å². The third-order valence-corrected chi connectivity index (χ3v) is 4.26. The fourth-order valence-electron chi connectivity index (χ4n) is 2.79. The number of hydrogen-bond acceptors (Lipinski definition) is 4. The monoisotopic (exact) mass is 256 g/mol. The average Bonchev–Trinajstić information content (AvgIpc) is 2.28. The van der Waals surface area contributed by atoms with Crippen molar-refractivity contribution in [2.24, 2.45) is 5.41 Å². The molecule has 0 aromatic heterocycles. The zero-order valence-electron chi connectivity index (χ0n) is 10.9. The molecule has 1 atom stereocenters. The molecule has 1 amide bonds. The van der Waals surface area contributed by atoms with Crippen molar-refractivity contribution in [1.29, 1.82) is 0 Å². The lowest BCUT2D eigenvalue weighted by Gasteiger charge is -2.40. The van der Waals surface area contributed by atoms with Gasteiger partial charge in [0.2, 0.25) is 5.91 Å². The van der Waals surface area contributed by atoms with E-state index in [1.165, 1.54) is 0 Å². The lowest BCUT2D eigenvalue weighted by atomic mass is 9.69. The molecule has 5 heteroatoms. The number of β-amino-alcohol motifs (C(OH)–C–C–N with tert-alkyl or cyclic N) is 1. The molecule has 0 radical (unpaired) electrons. The number of nitrogens with one attached hydrogen (secondary N) is 1. The third kappa shape index (κ3) is 3.43. The summed E-state index contributed by atoms with van der Waals surface area (Å²) in [5.74, 6) is 0.00354. The predicted molar refractivity (Wildman–Crippen MR) is 68.1 cm³/mol. The Kier molecular flexibility index (Phi) is 4.59. The molecular weight excluding hydrogens is 232 g/mol. The minimum absolute atomic E-state index is 0.00354. The molecule has 3 N–H and O–H groups in total. The molecule has 0 aromatic carbocycles. The third-order valence-electron chi connectivity index (χ3n) is 4.26. The summed E-state index contributed by atoms with van der Waals surface area (Å²) >= 11 is 0. The van der Waals surface area contributed by atoms with Crippen molar-refractivity contribution in [1.82, 2.24) is 10.2 Å². The highest BCUT2D eigenvalue weighted by atomic mass is 16.3. The molecule has 5 nitrogen and oxygen atoms in total. The van der Waals surface area contributed by atoms with Crippen LogP contribution in [0.4, 0.5) is 0 Å². The fourth-order valence-corrected chi connectivity index (χ4v) is 2.79. The van der Waals surface area contributed by atoms with E-state index < -0.39 is 0 Å². The van der Waals surface area contributed by atoms with E-state index in [1.807, 2.05) is 4.90 Å². The molecule has 1 aliphatic heterocycles. The molecule has 2 rings (SSSR count).